The molecule has 10 rings (SSSR count). The minimum absolute atomic E-state index is 1.11. The summed E-state index contributed by atoms with van der Waals surface area (Å²) in [4.78, 5) is 2.33. The van der Waals surface area contributed by atoms with Gasteiger partial charge in [-0.1, -0.05) is 158 Å². The Hall–Kier alpha value is -6.90. The van der Waals surface area contributed by atoms with Crippen LogP contribution < -0.4 is 4.90 Å². The van der Waals surface area contributed by atoms with E-state index in [0.29, 0.717) is 0 Å². The van der Waals surface area contributed by atoms with Gasteiger partial charge in [0.25, 0.3) is 0 Å². The Kier molecular flexibility index (Phi) is 7.18. The van der Waals surface area contributed by atoms with E-state index < -0.39 is 0 Å². The van der Waals surface area contributed by atoms with Crippen molar-refractivity contribution >= 4 is 55.2 Å². The molecule has 0 bridgehead atoms. The summed E-state index contributed by atoms with van der Waals surface area (Å²) in [5.74, 6) is 0. The Balaban J connectivity index is 1.18. The molecule has 0 amide bonds. The third-order valence-corrected chi connectivity index (χ3v) is 10.4. The van der Waals surface area contributed by atoms with Crippen molar-refractivity contribution in [3.8, 4) is 33.4 Å². The summed E-state index contributed by atoms with van der Waals surface area (Å²) in [5.41, 5.74) is 14.3. The van der Waals surface area contributed by atoms with Gasteiger partial charge in [-0.05, 0) is 81.7 Å². The van der Waals surface area contributed by atoms with E-state index in [1.807, 2.05) is 0 Å². The number of hydrogen-bond donors (Lipinski definition) is 0. The summed E-state index contributed by atoms with van der Waals surface area (Å²) in [6, 6.07) is 74.5. The van der Waals surface area contributed by atoms with Gasteiger partial charge < -0.3 is 9.30 Å². The first-order valence-electron chi connectivity index (χ1n) is 17.9. The molecule has 0 atom stereocenters. The highest BCUT2D eigenvalue weighted by Gasteiger charge is 2.21. The maximum atomic E-state index is 2.49. The number of benzene rings is 8. The van der Waals surface area contributed by atoms with Crippen molar-refractivity contribution in [3.05, 3.63) is 206 Å². The van der Waals surface area contributed by atoms with Gasteiger partial charge in [-0.15, -0.1) is 0 Å². The lowest BCUT2D eigenvalue weighted by molar-refractivity contribution is 1.28. The molecule has 0 spiro atoms. The van der Waals surface area contributed by atoms with E-state index in [0.717, 1.165) is 17.1 Å². The highest BCUT2D eigenvalue weighted by atomic mass is 15.1. The standard InChI is InChI=1S/C50H34N2/c1-4-15-35(16-5-1)36-27-31-40(32-28-36)51(39-19-8-3-9-20-39)41-33-29-37(30-34-41)42-23-14-24-44-43-21-10-12-25-46(43)52-47-26-13-11-22-45(47)48(50(52)49(42)44)38-17-6-2-7-18-38/h1-34H. The molecule has 244 valence electrons. The summed E-state index contributed by atoms with van der Waals surface area (Å²) in [7, 11) is 0. The second-order valence-corrected chi connectivity index (χ2v) is 13.3. The summed E-state index contributed by atoms with van der Waals surface area (Å²) >= 11 is 0. The van der Waals surface area contributed by atoms with Crippen molar-refractivity contribution < 1.29 is 0 Å². The zero-order valence-electron chi connectivity index (χ0n) is 28.5. The number of pyridine rings is 1. The molecule has 2 heterocycles. The molecular formula is C50H34N2. The monoisotopic (exact) mass is 662 g/mol. The second kappa shape index (κ2) is 12.5. The lowest BCUT2D eigenvalue weighted by Gasteiger charge is -2.26. The first-order valence-corrected chi connectivity index (χ1v) is 17.9. The van der Waals surface area contributed by atoms with Gasteiger partial charge in [0, 0.05) is 38.8 Å². The lowest BCUT2D eigenvalue weighted by Crippen LogP contribution is -2.09. The Bertz CT molecular complexity index is 2850. The van der Waals surface area contributed by atoms with Crippen LogP contribution in [0.3, 0.4) is 0 Å². The van der Waals surface area contributed by atoms with Crippen LogP contribution in [0.5, 0.6) is 0 Å². The summed E-state index contributed by atoms with van der Waals surface area (Å²) in [5, 5.41) is 5.03. The van der Waals surface area contributed by atoms with Gasteiger partial charge in [0.05, 0.1) is 16.6 Å². The average molecular weight is 663 g/mol. The minimum Gasteiger partial charge on any atom is -0.311 e. The third kappa shape index (κ3) is 4.88. The fourth-order valence-electron chi connectivity index (χ4n) is 8.04. The van der Waals surface area contributed by atoms with E-state index in [1.54, 1.807) is 0 Å². The van der Waals surface area contributed by atoms with E-state index >= 15 is 0 Å². The van der Waals surface area contributed by atoms with Crippen LogP contribution in [-0.2, 0) is 0 Å². The smallest absolute Gasteiger partial charge is 0.0632 e. The van der Waals surface area contributed by atoms with Crippen LogP contribution in [0.25, 0.3) is 71.5 Å². The molecule has 0 N–H and O–H groups in total. The fraction of sp³-hybridized carbons (Fsp3) is 0. The van der Waals surface area contributed by atoms with Gasteiger partial charge in [-0.3, -0.25) is 0 Å². The van der Waals surface area contributed by atoms with E-state index in [4.69, 9.17) is 0 Å². The Morgan fingerprint density at radius 2 is 0.769 bits per heavy atom. The zero-order valence-corrected chi connectivity index (χ0v) is 28.5. The number of anilines is 3. The van der Waals surface area contributed by atoms with Gasteiger partial charge in [0.15, 0.2) is 0 Å². The first-order chi connectivity index (χ1) is 25.8. The number of fused-ring (bicyclic) bond motifs is 8. The number of aromatic nitrogens is 1. The molecule has 0 aliphatic carbocycles. The normalized spacial score (nSPS) is 11.5. The van der Waals surface area contributed by atoms with Gasteiger partial charge in [-0.25, -0.2) is 0 Å². The zero-order chi connectivity index (χ0) is 34.4. The molecule has 2 aromatic heterocycles. The highest BCUT2D eigenvalue weighted by Crippen LogP contribution is 2.45. The minimum atomic E-state index is 1.11. The van der Waals surface area contributed by atoms with Crippen molar-refractivity contribution in [2.24, 2.45) is 0 Å². The first kappa shape index (κ1) is 30.0. The van der Waals surface area contributed by atoms with Crippen LogP contribution >= 0.6 is 0 Å². The largest absolute Gasteiger partial charge is 0.311 e. The molecular weight excluding hydrogens is 629 g/mol. The number of hydrogen-bond acceptors (Lipinski definition) is 1. The molecule has 0 radical (unpaired) electrons. The van der Waals surface area contributed by atoms with Gasteiger partial charge in [0.2, 0.25) is 0 Å². The van der Waals surface area contributed by atoms with Crippen molar-refractivity contribution in [1.29, 1.82) is 0 Å². The molecule has 2 heteroatoms. The van der Waals surface area contributed by atoms with E-state index in [2.05, 4.69) is 216 Å². The molecule has 0 unspecified atom stereocenters. The maximum absolute atomic E-state index is 2.49. The quantitative estimate of drug-likeness (QED) is 0.161. The molecule has 0 aliphatic heterocycles. The third-order valence-electron chi connectivity index (χ3n) is 10.4. The fourth-order valence-corrected chi connectivity index (χ4v) is 8.04. The van der Waals surface area contributed by atoms with E-state index in [-0.39, 0.29) is 0 Å². The number of para-hydroxylation sites is 3. The SMILES string of the molecule is c1ccc(-c2ccc(N(c3ccccc3)c3ccc(-c4cccc5c6ccccc6n6c7ccccc7c(-c7ccccc7)c6c45)cc3)cc2)cc1. The van der Waals surface area contributed by atoms with Crippen molar-refractivity contribution in [2.75, 3.05) is 4.90 Å². The molecule has 0 aliphatic rings. The van der Waals surface area contributed by atoms with Crippen LogP contribution in [-0.4, -0.2) is 4.40 Å². The van der Waals surface area contributed by atoms with Gasteiger partial charge in [-0.2, -0.15) is 0 Å². The summed E-state index contributed by atoms with van der Waals surface area (Å²) in [6.45, 7) is 0. The number of nitrogens with zero attached hydrogens (tertiary/aromatic N) is 2. The van der Waals surface area contributed by atoms with Gasteiger partial charge >= 0.3 is 0 Å². The van der Waals surface area contributed by atoms with Crippen LogP contribution in [0, 0.1) is 0 Å². The Morgan fingerprint density at radius 3 is 1.42 bits per heavy atom. The molecule has 10 aromatic rings. The Morgan fingerprint density at radius 1 is 0.308 bits per heavy atom. The summed E-state index contributed by atoms with van der Waals surface area (Å²) < 4.78 is 2.49. The van der Waals surface area contributed by atoms with Gasteiger partial charge in [0.1, 0.15) is 0 Å². The molecule has 2 nitrogen and oxygen atoms in total. The van der Waals surface area contributed by atoms with Crippen LogP contribution in [0.2, 0.25) is 0 Å². The highest BCUT2D eigenvalue weighted by molar-refractivity contribution is 6.25. The van der Waals surface area contributed by atoms with Crippen LogP contribution in [0.1, 0.15) is 0 Å². The van der Waals surface area contributed by atoms with E-state index in [1.165, 1.54) is 71.5 Å². The van der Waals surface area contributed by atoms with Crippen molar-refractivity contribution in [2.45, 2.75) is 0 Å². The Labute approximate surface area is 303 Å². The molecule has 8 aromatic carbocycles. The predicted octanol–water partition coefficient (Wildman–Crippen LogP) is 13.9. The molecule has 0 saturated heterocycles. The van der Waals surface area contributed by atoms with Crippen LogP contribution in [0.15, 0.2) is 206 Å². The van der Waals surface area contributed by atoms with Crippen molar-refractivity contribution in [1.82, 2.24) is 4.40 Å². The lowest BCUT2D eigenvalue weighted by atomic mass is 9.93. The summed E-state index contributed by atoms with van der Waals surface area (Å²) in [6.07, 6.45) is 0. The van der Waals surface area contributed by atoms with Crippen LogP contribution in [0.4, 0.5) is 17.1 Å². The molecule has 0 fully saturated rings. The average Bonchev–Trinajstić information content (AvgIpc) is 3.58. The predicted molar refractivity (Wildman–Crippen MR) is 221 cm³/mol. The topological polar surface area (TPSA) is 7.65 Å². The maximum Gasteiger partial charge on any atom is 0.0632 e. The second-order valence-electron chi connectivity index (χ2n) is 13.3. The van der Waals surface area contributed by atoms with E-state index in [9.17, 15) is 0 Å². The molecule has 0 saturated carbocycles. The van der Waals surface area contributed by atoms with Crippen molar-refractivity contribution in [3.63, 3.8) is 0 Å². The number of rotatable bonds is 6. The molecule has 52 heavy (non-hydrogen) atoms.